The number of piperidine rings is 1. The van der Waals surface area contributed by atoms with Crippen molar-refractivity contribution < 1.29 is 33.6 Å². The van der Waals surface area contributed by atoms with Gasteiger partial charge in [0.2, 0.25) is 12.2 Å². The highest BCUT2D eigenvalue weighted by atomic mass is 16.7. The van der Waals surface area contributed by atoms with Gasteiger partial charge < -0.3 is 39.2 Å². The largest absolute Gasteiger partial charge is 0.459 e. The summed E-state index contributed by atoms with van der Waals surface area (Å²) in [5.74, 6) is -0.0508. The number of amides is 2. The van der Waals surface area contributed by atoms with Crippen molar-refractivity contribution in [2.45, 2.75) is 43.9 Å². The third-order valence-electron chi connectivity index (χ3n) is 8.60. The van der Waals surface area contributed by atoms with Crippen LogP contribution in [-0.4, -0.2) is 93.0 Å². The zero-order valence-electron chi connectivity index (χ0n) is 24.9. The number of rotatable bonds is 13. The Bertz CT molecular complexity index is 1220. The number of nitrogens with one attached hydrogen (secondary N) is 1. The van der Waals surface area contributed by atoms with E-state index in [1.807, 2.05) is 61.5 Å². The summed E-state index contributed by atoms with van der Waals surface area (Å²) in [4.78, 5) is 30.9. The Morgan fingerprint density at radius 2 is 1.67 bits per heavy atom. The van der Waals surface area contributed by atoms with Gasteiger partial charge in [0.15, 0.2) is 5.76 Å². The lowest BCUT2D eigenvalue weighted by atomic mass is 9.81. The summed E-state index contributed by atoms with van der Waals surface area (Å²) in [6, 6.07) is 20.1. The monoisotopic (exact) mass is 593 g/mol. The van der Waals surface area contributed by atoms with Crippen molar-refractivity contribution in [3.63, 3.8) is 0 Å². The molecule has 3 aliphatic rings. The fourth-order valence-electron chi connectivity index (χ4n) is 6.36. The molecule has 0 radical (unpaired) electrons. The molecule has 3 atom stereocenters. The summed E-state index contributed by atoms with van der Waals surface area (Å²) in [5, 5.41) is 11.9. The van der Waals surface area contributed by atoms with E-state index in [0.29, 0.717) is 72.1 Å². The van der Waals surface area contributed by atoms with Crippen molar-refractivity contribution >= 4 is 17.5 Å². The minimum atomic E-state index is -0.672. The number of anilines is 1. The van der Waals surface area contributed by atoms with E-state index >= 15 is 0 Å². The Labute approximate surface area is 253 Å². The molecule has 2 N–H and O–H groups in total. The first-order chi connectivity index (χ1) is 21.1. The van der Waals surface area contributed by atoms with Crippen LogP contribution in [0.25, 0.3) is 0 Å². The van der Waals surface area contributed by atoms with E-state index in [1.165, 1.54) is 0 Å². The summed E-state index contributed by atoms with van der Waals surface area (Å²) in [6.45, 7) is 5.32. The van der Waals surface area contributed by atoms with Gasteiger partial charge in [0.1, 0.15) is 5.54 Å². The molecule has 2 aromatic carbocycles. The zero-order chi connectivity index (χ0) is 30.1. The summed E-state index contributed by atoms with van der Waals surface area (Å²) >= 11 is 0. The van der Waals surface area contributed by atoms with Crippen LogP contribution in [0.3, 0.4) is 0 Å². The summed E-state index contributed by atoms with van der Waals surface area (Å²) in [6.07, 6.45) is 3.06. The molecular formula is C33H43N3O7. The zero-order valence-corrected chi connectivity index (χ0v) is 24.9. The molecular weight excluding hydrogens is 550 g/mol. The molecule has 232 valence electrons. The summed E-state index contributed by atoms with van der Waals surface area (Å²) in [5.41, 5.74) is 1.40. The van der Waals surface area contributed by atoms with E-state index in [2.05, 4.69) is 22.3 Å². The average Bonchev–Trinajstić information content (AvgIpc) is 3.36. The van der Waals surface area contributed by atoms with Crippen molar-refractivity contribution in [1.29, 1.82) is 0 Å². The molecule has 10 nitrogen and oxygen atoms in total. The number of hydrogen-bond acceptors (Lipinski definition) is 8. The van der Waals surface area contributed by atoms with E-state index < -0.39 is 11.8 Å². The maximum absolute atomic E-state index is 13.9. The van der Waals surface area contributed by atoms with E-state index in [4.69, 9.17) is 24.1 Å². The van der Waals surface area contributed by atoms with E-state index in [9.17, 15) is 9.59 Å². The molecule has 1 spiro atoms. The van der Waals surface area contributed by atoms with Gasteiger partial charge in [0, 0.05) is 43.8 Å². The highest BCUT2D eigenvalue weighted by Gasteiger charge is 2.51. The van der Waals surface area contributed by atoms with Crippen molar-refractivity contribution in [3.05, 3.63) is 78.1 Å². The lowest BCUT2D eigenvalue weighted by molar-refractivity contribution is -0.172. The predicted octanol–water partition coefficient (Wildman–Crippen LogP) is 3.03. The first-order valence-electron chi connectivity index (χ1n) is 15.3. The van der Waals surface area contributed by atoms with Crippen LogP contribution in [0, 0.1) is 5.92 Å². The van der Waals surface area contributed by atoms with Crippen molar-refractivity contribution in [2.75, 3.05) is 64.3 Å². The van der Waals surface area contributed by atoms with Crippen LogP contribution >= 0.6 is 0 Å². The van der Waals surface area contributed by atoms with Gasteiger partial charge in [-0.25, -0.2) is 0 Å². The van der Waals surface area contributed by atoms with Crippen molar-refractivity contribution in [3.8, 4) is 0 Å². The second-order valence-corrected chi connectivity index (χ2v) is 11.1. The molecule has 3 heterocycles. The number of ether oxygens (including phenoxy) is 4. The fraction of sp³-hybridized carbons (Fsp3) is 0.515. The number of hydrogen-bond donors (Lipinski definition) is 2. The lowest BCUT2D eigenvalue weighted by Gasteiger charge is -2.44. The van der Waals surface area contributed by atoms with Gasteiger partial charge in [-0.2, -0.15) is 0 Å². The Morgan fingerprint density at radius 1 is 1.00 bits per heavy atom. The molecule has 0 bridgehead atoms. The molecule has 10 heteroatoms. The van der Waals surface area contributed by atoms with Gasteiger partial charge in [0.25, 0.3) is 5.91 Å². The molecule has 2 amide bonds. The normalized spacial score (nSPS) is 23.2. The maximum atomic E-state index is 13.9. The fourth-order valence-corrected chi connectivity index (χ4v) is 6.36. The highest BCUT2D eigenvalue weighted by molar-refractivity contribution is 5.95. The first kappa shape index (κ1) is 31.0. The SMILES string of the molecule is CCO[C@@H]1OC(C(=O)N2CCC3(CC2)C(=O)NCN3c2ccccc2)=C[C@H](c2ccccc2)[C@@H]1CCOCCOCCO. The van der Waals surface area contributed by atoms with Crippen LogP contribution < -0.4 is 10.2 Å². The smallest absolute Gasteiger partial charge is 0.288 e. The maximum Gasteiger partial charge on any atom is 0.288 e. The summed E-state index contributed by atoms with van der Waals surface area (Å²) < 4.78 is 23.5. The van der Waals surface area contributed by atoms with Crippen LogP contribution in [0.2, 0.25) is 0 Å². The molecule has 0 aromatic heterocycles. The molecule has 43 heavy (non-hydrogen) atoms. The number of para-hydroxylation sites is 1. The third-order valence-corrected chi connectivity index (χ3v) is 8.60. The number of aliphatic hydroxyl groups is 1. The Morgan fingerprint density at radius 3 is 2.35 bits per heavy atom. The first-order valence-corrected chi connectivity index (χ1v) is 15.3. The van der Waals surface area contributed by atoms with E-state index in [0.717, 1.165) is 11.3 Å². The number of allylic oxidation sites excluding steroid dienone is 1. The topological polar surface area (TPSA) is 110 Å². The van der Waals surface area contributed by atoms with Crippen LogP contribution in [0.15, 0.2) is 72.5 Å². The Balaban J connectivity index is 1.30. The van der Waals surface area contributed by atoms with Gasteiger partial charge in [-0.05, 0) is 50.0 Å². The molecule has 2 saturated heterocycles. The van der Waals surface area contributed by atoms with E-state index in [-0.39, 0.29) is 36.0 Å². The number of carbonyl (C=O) groups is 2. The molecule has 3 aliphatic heterocycles. The van der Waals surface area contributed by atoms with Crippen molar-refractivity contribution in [2.24, 2.45) is 5.92 Å². The second-order valence-electron chi connectivity index (χ2n) is 11.1. The van der Waals surface area contributed by atoms with Gasteiger partial charge in [-0.1, -0.05) is 48.5 Å². The highest BCUT2D eigenvalue weighted by Crippen LogP contribution is 2.40. The number of carbonyl (C=O) groups excluding carboxylic acids is 2. The van der Waals surface area contributed by atoms with Gasteiger partial charge in [0.05, 0.1) is 33.1 Å². The molecule has 2 fully saturated rings. The summed E-state index contributed by atoms with van der Waals surface area (Å²) in [7, 11) is 0. The standard InChI is InChI=1S/C33H43N3O7/c1-2-42-31-27(13-19-40-21-22-41-20-18-37)28(25-9-5-3-6-10-25)23-29(43-31)30(38)35-16-14-33(15-17-35)32(39)34-24-36(33)26-11-7-4-8-12-26/h3-12,23,27-28,31,37H,2,13-22,24H2,1H3,(H,34,39)/t27-,28+,31+/m0/s1. The molecule has 0 saturated carbocycles. The number of nitrogens with zero attached hydrogens (tertiary/aromatic N) is 2. The average molecular weight is 594 g/mol. The predicted molar refractivity (Wildman–Crippen MR) is 161 cm³/mol. The van der Waals surface area contributed by atoms with Gasteiger partial charge in [-0.3, -0.25) is 9.59 Å². The van der Waals surface area contributed by atoms with Crippen LogP contribution in [-0.2, 0) is 28.5 Å². The van der Waals surface area contributed by atoms with E-state index in [1.54, 1.807) is 4.90 Å². The Kier molecular flexibility index (Phi) is 10.7. The van der Waals surface area contributed by atoms with Gasteiger partial charge in [-0.15, -0.1) is 0 Å². The van der Waals surface area contributed by atoms with Crippen LogP contribution in [0.4, 0.5) is 5.69 Å². The molecule has 5 rings (SSSR count). The second kappa shape index (κ2) is 14.8. The quantitative estimate of drug-likeness (QED) is 0.341. The van der Waals surface area contributed by atoms with Crippen molar-refractivity contribution in [1.82, 2.24) is 10.2 Å². The minimum absolute atomic E-state index is 0.0125. The third kappa shape index (κ3) is 7.04. The molecule has 2 aromatic rings. The Hall–Kier alpha value is -3.44. The number of likely N-dealkylation sites (tertiary alicyclic amines) is 1. The van der Waals surface area contributed by atoms with Crippen LogP contribution in [0.5, 0.6) is 0 Å². The minimum Gasteiger partial charge on any atom is -0.459 e. The lowest BCUT2D eigenvalue weighted by Crippen LogP contribution is -2.57. The van der Waals surface area contributed by atoms with Gasteiger partial charge >= 0.3 is 0 Å². The molecule has 0 aliphatic carbocycles. The number of benzene rings is 2. The molecule has 0 unspecified atom stereocenters. The van der Waals surface area contributed by atoms with Crippen LogP contribution in [0.1, 0.15) is 37.7 Å². The number of aliphatic hydroxyl groups excluding tert-OH is 1.